The number of morpholine rings is 1. The summed E-state index contributed by atoms with van der Waals surface area (Å²) < 4.78 is 5.83. The lowest BCUT2D eigenvalue weighted by Gasteiger charge is -2.39. The third-order valence-electron chi connectivity index (χ3n) is 3.99. The second kappa shape index (κ2) is 6.69. The van der Waals surface area contributed by atoms with Gasteiger partial charge in [-0.05, 0) is 32.9 Å². The fourth-order valence-electron chi connectivity index (χ4n) is 3.02. The van der Waals surface area contributed by atoms with Crippen molar-refractivity contribution in [3.8, 4) is 0 Å². The van der Waals surface area contributed by atoms with Crippen molar-refractivity contribution in [1.29, 1.82) is 0 Å². The number of likely N-dealkylation sites (N-methyl/N-ethyl adjacent to an activating group) is 1. The van der Waals surface area contributed by atoms with Gasteiger partial charge in [-0.3, -0.25) is 4.90 Å². The van der Waals surface area contributed by atoms with Gasteiger partial charge in [0.15, 0.2) is 0 Å². The molecule has 2 fully saturated rings. The highest BCUT2D eigenvalue weighted by Gasteiger charge is 2.26. The molecule has 4 nitrogen and oxygen atoms in total. The van der Waals surface area contributed by atoms with E-state index in [0.717, 1.165) is 32.7 Å². The van der Waals surface area contributed by atoms with Crippen LogP contribution in [0.3, 0.4) is 0 Å². The van der Waals surface area contributed by atoms with Crippen molar-refractivity contribution in [2.24, 2.45) is 0 Å². The number of nitrogens with zero attached hydrogens (tertiary/aromatic N) is 2. The maximum absolute atomic E-state index is 9.12. The molecule has 2 saturated heterocycles. The molecule has 2 heterocycles. The van der Waals surface area contributed by atoms with Crippen LogP contribution in [0.25, 0.3) is 0 Å². The van der Waals surface area contributed by atoms with Gasteiger partial charge in [0.05, 0.1) is 12.7 Å². The van der Waals surface area contributed by atoms with Gasteiger partial charge in [0.2, 0.25) is 0 Å². The van der Waals surface area contributed by atoms with Crippen LogP contribution in [0.15, 0.2) is 0 Å². The molecule has 0 saturated carbocycles. The fraction of sp³-hybridized carbons (Fsp3) is 1.00. The molecule has 4 heteroatoms. The van der Waals surface area contributed by atoms with E-state index in [-0.39, 0.29) is 0 Å². The Morgan fingerprint density at radius 2 is 2.18 bits per heavy atom. The molecule has 2 rings (SSSR count). The van der Waals surface area contributed by atoms with Gasteiger partial charge in [-0.2, -0.15) is 0 Å². The zero-order valence-electron chi connectivity index (χ0n) is 11.0. The third-order valence-corrected chi connectivity index (χ3v) is 3.99. The van der Waals surface area contributed by atoms with Crippen LogP contribution in [-0.2, 0) is 4.74 Å². The summed E-state index contributed by atoms with van der Waals surface area (Å²) in [6.07, 6.45) is 5.12. The molecule has 0 aliphatic carbocycles. The van der Waals surface area contributed by atoms with Crippen molar-refractivity contribution in [3.63, 3.8) is 0 Å². The maximum Gasteiger partial charge on any atom is 0.0829 e. The van der Waals surface area contributed by atoms with E-state index < -0.39 is 0 Å². The molecule has 17 heavy (non-hydrogen) atoms. The third kappa shape index (κ3) is 3.91. The first-order chi connectivity index (χ1) is 8.29. The summed E-state index contributed by atoms with van der Waals surface area (Å²) in [4.78, 5) is 4.88. The van der Waals surface area contributed by atoms with Crippen molar-refractivity contribution in [1.82, 2.24) is 9.80 Å². The lowest BCUT2D eigenvalue weighted by atomic mass is 9.99. The number of rotatable bonds is 4. The number of ether oxygens (including phenoxy) is 1. The van der Waals surface area contributed by atoms with Crippen LogP contribution >= 0.6 is 0 Å². The summed E-state index contributed by atoms with van der Waals surface area (Å²) in [6.45, 7) is 5.48. The van der Waals surface area contributed by atoms with Crippen LogP contribution in [0, 0.1) is 0 Å². The van der Waals surface area contributed by atoms with Crippen LogP contribution < -0.4 is 0 Å². The normalized spacial score (nSPS) is 32.8. The summed E-state index contributed by atoms with van der Waals surface area (Å²) >= 11 is 0. The molecule has 2 aliphatic rings. The quantitative estimate of drug-likeness (QED) is 0.781. The first-order valence-corrected chi connectivity index (χ1v) is 6.94. The molecule has 0 aromatic heterocycles. The lowest BCUT2D eigenvalue weighted by molar-refractivity contribution is -0.0468. The first kappa shape index (κ1) is 13.3. The van der Waals surface area contributed by atoms with Crippen molar-refractivity contribution < 1.29 is 9.84 Å². The second-order valence-electron chi connectivity index (χ2n) is 5.41. The van der Waals surface area contributed by atoms with Crippen LogP contribution in [0.5, 0.6) is 0 Å². The van der Waals surface area contributed by atoms with Crippen LogP contribution in [0.4, 0.5) is 0 Å². The number of likely N-dealkylation sites (tertiary alicyclic amines) is 1. The monoisotopic (exact) mass is 242 g/mol. The fourth-order valence-corrected chi connectivity index (χ4v) is 3.02. The maximum atomic E-state index is 9.12. The van der Waals surface area contributed by atoms with Gasteiger partial charge in [0.25, 0.3) is 0 Å². The highest BCUT2D eigenvalue weighted by Crippen LogP contribution is 2.20. The smallest absolute Gasteiger partial charge is 0.0829 e. The Balaban J connectivity index is 1.82. The van der Waals surface area contributed by atoms with Gasteiger partial charge in [-0.1, -0.05) is 6.42 Å². The molecule has 0 spiro atoms. The van der Waals surface area contributed by atoms with Crippen LogP contribution in [-0.4, -0.2) is 73.5 Å². The van der Waals surface area contributed by atoms with E-state index in [1.54, 1.807) is 0 Å². The topological polar surface area (TPSA) is 35.9 Å². The van der Waals surface area contributed by atoms with E-state index in [2.05, 4.69) is 16.8 Å². The van der Waals surface area contributed by atoms with E-state index in [9.17, 15) is 0 Å². The molecule has 0 aromatic carbocycles. The summed E-state index contributed by atoms with van der Waals surface area (Å²) in [5, 5.41) is 9.12. The van der Waals surface area contributed by atoms with Crippen molar-refractivity contribution in [2.75, 3.05) is 46.4 Å². The Morgan fingerprint density at radius 3 is 2.94 bits per heavy atom. The molecule has 2 aliphatic heterocycles. The Labute approximate surface area is 105 Å². The number of aliphatic hydroxyl groups is 1. The minimum absolute atomic E-state index is 0.312. The number of hydrogen-bond donors (Lipinski definition) is 1. The highest BCUT2D eigenvalue weighted by molar-refractivity contribution is 4.81. The Kier molecular flexibility index (Phi) is 5.22. The van der Waals surface area contributed by atoms with Crippen LogP contribution in [0.1, 0.15) is 25.7 Å². The largest absolute Gasteiger partial charge is 0.396 e. The zero-order valence-corrected chi connectivity index (χ0v) is 11.0. The predicted octanol–water partition coefficient (Wildman–Crippen LogP) is 0.554. The number of aliphatic hydroxyl groups excluding tert-OH is 1. The van der Waals surface area contributed by atoms with Crippen LogP contribution in [0.2, 0.25) is 0 Å². The van der Waals surface area contributed by atoms with E-state index in [1.807, 2.05) is 0 Å². The summed E-state index contributed by atoms with van der Waals surface area (Å²) in [7, 11) is 2.16. The van der Waals surface area contributed by atoms with Gasteiger partial charge < -0.3 is 14.7 Å². The molecule has 1 N–H and O–H groups in total. The van der Waals surface area contributed by atoms with Gasteiger partial charge in [0.1, 0.15) is 0 Å². The first-order valence-electron chi connectivity index (χ1n) is 6.94. The van der Waals surface area contributed by atoms with Gasteiger partial charge in [0, 0.05) is 32.3 Å². The van der Waals surface area contributed by atoms with E-state index in [0.29, 0.717) is 18.8 Å². The molecule has 0 aromatic rings. The van der Waals surface area contributed by atoms with E-state index >= 15 is 0 Å². The minimum Gasteiger partial charge on any atom is -0.396 e. The van der Waals surface area contributed by atoms with Gasteiger partial charge >= 0.3 is 0 Å². The average molecular weight is 242 g/mol. The lowest BCUT2D eigenvalue weighted by Crippen LogP contribution is -2.50. The Hall–Kier alpha value is -0.160. The second-order valence-corrected chi connectivity index (χ2v) is 5.41. The van der Waals surface area contributed by atoms with E-state index in [1.165, 1.54) is 25.8 Å². The summed E-state index contributed by atoms with van der Waals surface area (Å²) in [5.74, 6) is 0. The SMILES string of the molecule is CN1CCOC(CN2CCCCC2CCO)C1. The molecule has 0 radical (unpaired) electrons. The van der Waals surface area contributed by atoms with Crippen molar-refractivity contribution >= 4 is 0 Å². The van der Waals surface area contributed by atoms with E-state index in [4.69, 9.17) is 9.84 Å². The van der Waals surface area contributed by atoms with Gasteiger partial charge in [-0.15, -0.1) is 0 Å². The summed E-state index contributed by atoms with van der Waals surface area (Å²) in [5.41, 5.74) is 0. The molecule has 2 atom stereocenters. The number of hydrogen-bond acceptors (Lipinski definition) is 4. The Bertz CT molecular complexity index is 223. The highest BCUT2D eigenvalue weighted by atomic mass is 16.5. The Morgan fingerprint density at radius 1 is 1.29 bits per heavy atom. The molecular weight excluding hydrogens is 216 g/mol. The zero-order chi connectivity index (χ0) is 12.1. The molecular formula is C13H26N2O2. The predicted molar refractivity (Wildman–Crippen MR) is 68.2 cm³/mol. The molecule has 0 amide bonds. The van der Waals surface area contributed by atoms with Gasteiger partial charge in [-0.25, -0.2) is 0 Å². The van der Waals surface area contributed by atoms with Crippen molar-refractivity contribution in [3.05, 3.63) is 0 Å². The van der Waals surface area contributed by atoms with Crippen molar-refractivity contribution in [2.45, 2.75) is 37.8 Å². The average Bonchev–Trinajstić information content (AvgIpc) is 2.32. The standard InChI is InChI=1S/C13H26N2O2/c1-14-7-9-17-13(10-14)11-15-6-3-2-4-12(15)5-8-16/h12-13,16H,2-11H2,1H3. The minimum atomic E-state index is 0.312. The molecule has 2 unspecified atom stereocenters. The number of piperidine rings is 1. The molecule has 100 valence electrons. The summed E-state index contributed by atoms with van der Waals surface area (Å²) in [6, 6.07) is 0.574. The molecule has 0 bridgehead atoms.